The van der Waals surface area contributed by atoms with Gasteiger partial charge in [-0.25, -0.2) is 9.78 Å². The number of hydrogen-bond donors (Lipinski definition) is 0. The van der Waals surface area contributed by atoms with E-state index in [-0.39, 0.29) is 10.6 Å². The van der Waals surface area contributed by atoms with Crippen molar-refractivity contribution in [2.45, 2.75) is 38.0 Å². The van der Waals surface area contributed by atoms with Crippen LogP contribution in [-0.4, -0.2) is 21.5 Å². The Kier molecular flexibility index (Phi) is 7.95. The molecule has 0 aliphatic rings. The molecule has 1 heterocycles. The molecule has 0 bridgehead atoms. The number of hydrogen-bond acceptors (Lipinski definition) is 4. The average molecular weight is 387 g/mol. The van der Waals surface area contributed by atoms with Crippen LogP contribution in [-0.2, 0) is 11.3 Å². The molecule has 0 N–H and O–H groups in total. The predicted octanol–water partition coefficient (Wildman–Crippen LogP) is 5.99. The van der Waals surface area contributed by atoms with Gasteiger partial charge in [-0.2, -0.15) is 0 Å². The minimum absolute atomic E-state index is 0.178. The van der Waals surface area contributed by atoms with Gasteiger partial charge >= 0.3 is 5.30 Å². The monoisotopic (exact) mass is 386 g/mol. The topological polar surface area (TPSA) is 44.1 Å². The molecule has 0 aliphatic carbocycles. The third-order valence-corrected chi connectivity index (χ3v) is 5.01. The number of carbonyl (C=O) groups excluding carboxylic acids is 1. The van der Waals surface area contributed by atoms with E-state index in [2.05, 4.69) is 11.9 Å². The van der Waals surface area contributed by atoms with Gasteiger partial charge in [-0.15, -0.1) is 0 Å². The summed E-state index contributed by atoms with van der Waals surface area (Å²) in [6, 6.07) is 5.31. The fourth-order valence-electron chi connectivity index (χ4n) is 2.21. The van der Waals surface area contributed by atoms with Crippen LogP contribution in [0.4, 0.5) is 4.79 Å². The third-order valence-electron chi connectivity index (χ3n) is 3.45. The first-order chi connectivity index (χ1) is 11.6. The second-order valence-electron chi connectivity index (χ2n) is 5.34. The molecule has 24 heavy (non-hydrogen) atoms. The fourth-order valence-corrected chi connectivity index (χ4v) is 3.77. The Bertz CT molecular complexity index is 650. The van der Waals surface area contributed by atoms with Crippen molar-refractivity contribution >= 4 is 40.3 Å². The summed E-state index contributed by atoms with van der Waals surface area (Å²) in [5.41, 5.74) is 0.852. The minimum Gasteiger partial charge on any atom is -0.458 e. The van der Waals surface area contributed by atoms with Crippen molar-refractivity contribution in [1.82, 2.24) is 9.55 Å². The van der Waals surface area contributed by atoms with Gasteiger partial charge < -0.3 is 9.30 Å². The first-order valence-corrected chi connectivity index (χ1v) is 9.47. The third kappa shape index (κ3) is 6.04. The average Bonchev–Trinajstić information content (AvgIpc) is 3.04. The van der Waals surface area contributed by atoms with E-state index in [9.17, 15) is 4.79 Å². The Labute approximate surface area is 156 Å². The van der Waals surface area contributed by atoms with Gasteiger partial charge in [0.2, 0.25) is 0 Å². The van der Waals surface area contributed by atoms with Crippen molar-refractivity contribution in [1.29, 1.82) is 0 Å². The van der Waals surface area contributed by atoms with E-state index in [1.54, 1.807) is 24.7 Å². The molecule has 7 heteroatoms. The Morgan fingerprint density at radius 2 is 2.21 bits per heavy atom. The number of thioether (sulfide) groups is 1. The summed E-state index contributed by atoms with van der Waals surface area (Å²) in [6.45, 7) is 3.13. The van der Waals surface area contributed by atoms with Gasteiger partial charge in [-0.1, -0.05) is 49.0 Å². The molecule has 1 aromatic heterocycles. The highest BCUT2D eigenvalue weighted by atomic mass is 35.5. The molecule has 1 aromatic carbocycles. The molecule has 0 aliphatic heterocycles. The maximum absolute atomic E-state index is 12.1. The molecule has 0 spiro atoms. The van der Waals surface area contributed by atoms with Crippen LogP contribution in [0.3, 0.4) is 0 Å². The van der Waals surface area contributed by atoms with Gasteiger partial charge in [0.25, 0.3) is 0 Å². The van der Waals surface area contributed by atoms with Gasteiger partial charge in [-0.3, -0.25) is 0 Å². The van der Waals surface area contributed by atoms with Gasteiger partial charge in [0.1, 0.15) is 0 Å². The lowest BCUT2D eigenvalue weighted by Crippen LogP contribution is -2.10. The highest BCUT2D eigenvalue weighted by Gasteiger charge is 2.21. The summed E-state index contributed by atoms with van der Waals surface area (Å²) < 4.78 is 7.22. The first-order valence-electron chi connectivity index (χ1n) is 7.84. The largest absolute Gasteiger partial charge is 0.458 e. The molecule has 0 radical (unpaired) electrons. The van der Waals surface area contributed by atoms with Crippen molar-refractivity contribution < 1.29 is 9.53 Å². The number of rotatable bonds is 8. The van der Waals surface area contributed by atoms with Gasteiger partial charge in [0, 0.05) is 29.0 Å². The minimum atomic E-state index is -0.290. The zero-order chi connectivity index (χ0) is 17.4. The number of aromatic nitrogens is 2. The van der Waals surface area contributed by atoms with Crippen molar-refractivity contribution in [2.75, 3.05) is 6.61 Å². The normalized spacial score (nSPS) is 12.1. The summed E-state index contributed by atoms with van der Waals surface area (Å²) in [5, 5.41) is 0.640. The van der Waals surface area contributed by atoms with E-state index in [4.69, 9.17) is 27.9 Å². The van der Waals surface area contributed by atoms with Crippen LogP contribution in [0.15, 0.2) is 36.9 Å². The molecular weight excluding hydrogens is 367 g/mol. The molecule has 0 saturated carbocycles. The van der Waals surface area contributed by atoms with E-state index < -0.39 is 0 Å². The lowest BCUT2D eigenvalue weighted by molar-refractivity contribution is 0.172. The number of imidazole rings is 1. The maximum atomic E-state index is 12.1. The summed E-state index contributed by atoms with van der Waals surface area (Å²) in [5.74, 6) is 0. The Balaban J connectivity index is 2.06. The molecule has 1 atom stereocenters. The van der Waals surface area contributed by atoms with Crippen LogP contribution in [0.2, 0.25) is 10.0 Å². The zero-order valence-corrected chi connectivity index (χ0v) is 15.8. The van der Waals surface area contributed by atoms with Crippen LogP contribution >= 0.6 is 35.0 Å². The maximum Gasteiger partial charge on any atom is 0.367 e. The van der Waals surface area contributed by atoms with E-state index in [0.717, 1.165) is 36.6 Å². The van der Waals surface area contributed by atoms with Crippen LogP contribution in [0.1, 0.15) is 37.0 Å². The number of carbonyl (C=O) groups is 1. The quantitative estimate of drug-likeness (QED) is 0.412. The van der Waals surface area contributed by atoms with Crippen molar-refractivity contribution in [3.8, 4) is 0 Å². The Hall–Kier alpha value is -1.17. The van der Waals surface area contributed by atoms with Crippen LogP contribution in [0.25, 0.3) is 0 Å². The molecule has 2 aromatic rings. The van der Waals surface area contributed by atoms with E-state index >= 15 is 0 Å². The molecule has 2 rings (SSSR count). The smallest absolute Gasteiger partial charge is 0.367 e. The van der Waals surface area contributed by atoms with Gasteiger partial charge in [-0.05, 0) is 35.9 Å². The van der Waals surface area contributed by atoms with E-state index in [0.29, 0.717) is 23.2 Å². The number of nitrogens with zero attached hydrogens (tertiary/aromatic N) is 2. The van der Waals surface area contributed by atoms with Crippen molar-refractivity contribution in [3.63, 3.8) is 0 Å². The molecular formula is C17H20Cl2N2O2S. The Morgan fingerprint density at radius 1 is 1.38 bits per heavy atom. The van der Waals surface area contributed by atoms with E-state index in [1.807, 2.05) is 16.8 Å². The van der Waals surface area contributed by atoms with Crippen LogP contribution in [0, 0.1) is 0 Å². The summed E-state index contributed by atoms with van der Waals surface area (Å²) in [4.78, 5) is 16.2. The number of unbranched alkanes of at least 4 members (excludes halogenated alkanes) is 2. The van der Waals surface area contributed by atoms with Crippen molar-refractivity contribution in [3.05, 3.63) is 52.5 Å². The number of benzene rings is 1. The molecule has 4 nitrogen and oxygen atoms in total. The second kappa shape index (κ2) is 9.97. The predicted molar refractivity (Wildman–Crippen MR) is 99.9 cm³/mol. The molecule has 0 saturated heterocycles. The molecule has 0 amide bonds. The van der Waals surface area contributed by atoms with Gasteiger partial charge in [0.15, 0.2) is 0 Å². The van der Waals surface area contributed by atoms with Crippen LogP contribution in [0.5, 0.6) is 0 Å². The summed E-state index contributed by atoms with van der Waals surface area (Å²) in [7, 11) is 0. The lowest BCUT2D eigenvalue weighted by atomic mass is 10.1. The summed E-state index contributed by atoms with van der Waals surface area (Å²) in [6.07, 6.45) is 8.30. The lowest BCUT2D eigenvalue weighted by Gasteiger charge is -2.18. The highest BCUT2D eigenvalue weighted by Crippen LogP contribution is 2.37. The second-order valence-corrected chi connectivity index (χ2v) is 7.32. The highest BCUT2D eigenvalue weighted by molar-refractivity contribution is 8.13. The van der Waals surface area contributed by atoms with Crippen molar-refractivity contribution in [2.24, 2.45) is 0 Å². The standard InChI is InChI=1S/C17H20Cl2N2O2S/c1-2-3-4-9-23-17(22)24-16(11-21-8-7-20-12-21)14-6-5-13(18)10-15(14)19/h5-8,10,12,16H,2-4,9,11H2,1H3. The van der Waals surface area contributed by atoms with E-state index in [1.165, 1.54) is 0 Å². The number of ether oxygens (including phenoxy) is 1. The SMILES string of the molecule is CCCCCOC(=O)SC(Cn1ccnc1)c1ccc(Cl)cc1Cl. The molecule has 130 valence electrons. The van der Waals surface area contributed by atoms with Gasteiger partial charge in [0.05, 0.1) is 18.2 Å². The zero-order valence-electron chi connectivity index (χ0n) is 13.5. The Morgan fingerprint density at radius 3 is 2.88 bits per heavy atom. The first kappa shape index (κ1) is 19.2. The number of halogens is 2. The summed E-state index contributed by atoms with van der Waals surface area (Å²) >= 11 is 13.4. The molecule has 1 unspecified atom stereocenters. The fraction of sp³-hybridized carbons (Fsp3) is 0.412. The van der Waals surface area contributed by atoms with Crippen LogP contribution < -0.4 is 0 Å². The molecule has 0 fully saturated rings.